The molecule has 1 N–H and O–H groups in total. The Labute approximate surface area is 111 Å². The summed E-state index contributed by atoms with van der Waals surface area (Å²) in [4.78, 5) is 12.8. The fourth-order valence-electron chi connectivity index (χ4n) is 1.62. The number of carbonyl (C=O) groups excluding carboxylic acids is 1. The van der Waals surface area contributed by atoms with E-state index in [0.29, 0.717) is 0 Å². The van der Waals surface area contributed by atoms with E-state index in [-0.39, 0.29) is 11.8 Å². The van der Waals surface area contributed by atoms with Gasteiger partial charge >= 0.3 is 0 Å². The molecule has 3 nitrogen and oxygen atoms in total. The SMILES string of the molecule is CSc1ccccc1/C=N/NC(=O)C1C=CC=C1. The van der Waals surface area contributed by atoms with Crippen molar-refractivity contribution in [2.24, 2.45) is 11.0 Å². The summed E-state index contributed by atoms with van der Waals surface area (Å²) in [7, 11) is 0. The van der Waals surface area contributed by atoms with Gasteiger partial charge in [-0.25, -0.2) is 5.43 Å². The van der Waals surface area contributed by atoms with Crippen LogP contribution < -0.4 is 5.43 Å². The van der Waals surface area contributed by atoms with Crippen molar-refractivity contribution in [2.45, 2.75) is 4.90 Å². The third kappa shape index (κ3) is 3.11. The lowest BCUT2D eigenvalue weighted by Crippen LogP contribution is -2.23. The van der Waals surface area contributed by atoms with Crippen molar-refractivity contribution < 1.29 is 4.79 Å². The molecule has 1 amide bonds. The number of hydrazone groups is 1. The van der Waals surface area contributed by atoms with E-state index in [4.69, 9.17) is 0 Å². The largest absolute Gasteiger partial charge is 0.272 e. The van der Waals surface area contributed by atoms with Crippen LogP contribution in [0.25, 0.3) is 0 Å². The van der Waals surface area contributed by atoms with Gasteiger partial charge in [-0.15, -0.1) is 11.8 Å². The third-order valence-corrected chi connectivity index (χ3v) is 3.38. The fraction of sp³-hybridized carbons (Fsp3) is 0.143. The van der Waals surface area contributed by atoms with Crippen molar-refractivity contribution in [1.82, 2.24) is 5.43 Å². The minimum Gasteiger partial charge on any atom is -0.272 e. The number of rotatable bonds is 4. The molecule has 0 fully saturated rings. The zero-order valence-corrected chi connectivity index (χ0v) is 10.9. The molecule has 0 atom stereocenters. The van der Waals surface area contributed by atoms with Crippen LogP contribution in [0.4, 0.5) is 0 Å². The number of hydrogen-bond donors (Lipinski definition) is 1. The van der Waals surface area contributed by atoms with E-state index < -0.39 is 0 Å². The van der Waals surface area contributed by atoms with Crippen LogP contribution >= 0.6 is 11.8 Å². The maximum absolute atomic E-state index is 11.7. The lowest BCUT2D eigenvalue weighted by Gasteiger charge is -2.03. The second-order valence-corrected chi connectivity index (χ2v) is 4.62. The standard InChI is InChI=1S/C14H14N2OS/c1-18-13-9-5-4-8-12(13)10-15-16-14(17)11-6-2-3-7-11/h2-11H,1H3,(H,16,17)/b15-10+. The van der Waals surface area contributed by atoms with Crippen LogP contribution in [0.2, 0.25) is 0 Å². The van der Waals surface area contributed by atoms with E-state index in [0.717, 1.165) is 10.5 Å². The molecule has 0 bridgehead atoms. The van der Waals surface area contributed by atoms with Crippen LogP contribution in [0.1, 0.15) is 5.56 Å². The van der Waals surface area contributed by atoms with Crippen LogP contribution in [-0.2, 0) is 4.79 Å². The van der Waals surface area contributed by atoms with Gasteiger partial charge < -0.3 is 0 Å². The molecular formula is C14H14N2OS. The highest BCUT2D eigenvalue weighted by molar-refractivity contribution is 7.98. The first-order valence-corrected chi connectivity index (χ1v) is 6.84. The van der Waals surface area contributed by atoms with Gasteiger partial charge in [0.1, 0.15) is 0 Å². The van der Waals surface area contributed by atoms with E-state index in [9.17, 15) is 4.79 Å². The van der Waals surface area contributed by atoms with Crippen molar-refractivity contribution in [3.05, 3.63) is 54.1 Å². The fourth-order valence-corrected chi connectivity index (χ4v) is 2.19. The molecule has 0 heterocycles. The number of nitrogens with zero attached hydrogens (tertiary/aromatic N) is 1. The average molecular weight is 258 g/mol. The van der Waals surface area contributed by atoms with Crippen LogP contribution in [0.15, 0.2) is 58.6 Å². The van der Waals surface area contributed by atoms with Gasteiger partial charge in [0.15, 0.2) is 0 Å². The molecule has 4 heteroatoms. The lowest BCUT2D eigenvalue weighted by molar-refractivity contribution is -0.122. The molecule has 1 aliphatic rings. The number of carbonyl (C=O) groups is 1. The highest BCUT2D eigenvalue weighted by Crippen LogP contribution is 2.17. The molecule has 0 aliphatic heterocycles. The third-order valence-electron chi connectivity index (χ3n) is 2.57. The number of allylic oxidation sites excluding steroid dienone is 2. The minimum absolute atomic E-state index is 0.113. The van der Waals surface area contributed by atoms with Crippen molar-refractivity contribution in [3.63, 3.8) is 0 Å². The predicted molar refractivity (Wildman–Crippen MR) is 75.7 cm³/mol. The molecule has 92 valence electrons. The van der Waals surface area contributed by atoms with Crippen LogP contribution in [0.3, 0.4) is 0 Å². The van der Waals surface area contributed by atoms with Gasteiger partial charge in [-0.1, -0.05) is 42.5 Å². The Kier molecular flexibility index (Phi) is 4.36. The molecule has 0 spiro atoms. The Hall–Kier alpha value is -1.81. The summed E-state index contributed by atoms with van der Waals surface area (Å²) in [5, 5.41) is 3.99. The van der Waals surface area contributed by atoms with Crippen LogP contribution in [0.5, 0.6) is 0 Å². The number of benzene rings is 1. The Bertz CT molecular complexity index is 508. The summed E-state index contributed by atoms with van der Waals surface area (Å²) >= 11 is 1.65. The van der Waals surface area contributed by atoms with E-state index in [1.807, 2.05) is 54.8 Å². The molecule has 0 saturated carbocycles. The Morgan fingerprint density at radius 3 is 2.78 bits per heavy atom. The van der Waals surface area contributed by atoms with Gasteiger partial charge in [0, 0.05) is 10.5 Å². The van der Waals surface area contributed by atoms with Gasteiger partial charge in [0.25, 0.3) is 5.91 Å². The van der Waals surface area contributed by atoms with Crippen molar-refractivity contribution in [2.75, 3.05) is 6.26 Å². The second-order valence-electron chi connectivity index (χ2n) is 3.77. The topological polar surface area (TPSA) is 41.5 Å². The number of amides is 1. The van der Waals surface area contributed by atoms with Gasteiger partial charge in [-0.3, -0.25) is 4.79 Å². The smallest absolute Gasteiger partial charge is 0.250 e. The Morgan fingerprint density at radius 2 is 2.06 bits per heavy atom. The first-order chi connectivity index (χ1) is 8.81. The molecule has 1 aliphatic carbocycles. The molecule has 0 radical (unpaired) electrons. The van der Waals surface area contributed by atoms with E-state index in [2.05, 4.69) is 10.5 Å². The van der Waals surface area contributed by atoms with Crippen molar-refractivity contribution in [3.8, 4) is 0 Å². The summed E-state index contributed by atoms with van der Waals surface area (Å²) in [5.74, 6) is -0.309. The van der Waals surface area contributed by atoms with Crippen LogP contribution in [-0.4, -0.2) is 18.4 Å². The molecule has 2 rings (SSSR count). The highest BCUT2D eigenvalue weighted by atomic mass is 32.2. The monoisotopic (exact) mass is 258 g/mol. The number of thioether (sulfide) groups is 1. The Morgan fingerprint density at radius 1 is 1.33 bits per heavy atom. The summed E-state index contributed by atoms with van der Waals surface area (Å²) in [5.41, 5.74) is 3.55. The first-order valence-electron chi connectivity index (χ1n) is 5.62. The molecular weight excluding hydrogens is 244 g/mol. The quantitative estimate of drug-likeness (QED) is 0.512. The minimum atomic E-state index is -0.196. The van der Waals surface area contributed by atoms with Gasteiger partial charge in [-0.05, 0) is 12.3 Å². The molecule has 18 heavy (non-hydrogen) atoms. The molecule has 0 saturated heterocycles. The maximum atomic E-state index is 11.7. The highest BCUT2D eigenvalue weighted by Gasteiger charge is 2.12. The zero-order chi connectivity index (χ0) is 12.8. The molecule has 0 unspecified atom stereocenters. The van der Waals surface area contributed by atoms with E-state index in [1.165, 1.54) is 0 Å². The van der Waals surface area contributed by atoms with Gasteiger partial charge in [0.05, 0.1) is 12.1 Å². The van der Waals surface area contributed by atoms with Crippen molar-refractivity contribution in [1.29, 1.82) is 0 Å². The Balaban J connectivity index is 1.97. The zero-order valence-electron chi connectivity index (χ0n) is 10.0. The molecule has 1 aromatic carbocycles. The summed E-state index contributed by atoms with van der Waals surface area (Å²) < 4.78 is 0. The lowest BCUT2D eigenvalue weighted by atomic mass is 10.2. The summed E-state index contributed by atoms with van der Waals surface area (Å²) in [6.07, 6.45) is 11.1. The van der Waals surface area contributed by atoms with Crippen molar-refractivity contribution >= 4 is 23.9 Å². The van der Waals surface area contributed by atoms with E-state index >= 15 is 0 Å². The summed E-state index contributed by atoms with van der Waals surface area (Å²) in [6.45, 7) is 0. The van der Waals surface area contributed by atoms with E-state index in [1.54, 1.807) is 18.0 Å². The number of hydrogen-bond acceptors (Lipinski definition) is 3. The normalized spacial score (nSPS) is 14.5. The summed E-state index contributed by atoms with van der Waals surface area (Å²) in [6, 6.07) is 7.92. The first kappa shape index (κ1) is 12.6. The second kappa shape index (κ2) is 6.21. The molecule has 1 aromatic rings. The maximum Gasteiger partial charge on any atom is 0.250 e. The van der Waals surface area contributed by atoms with Gasteiger partial charge in [-0.2, -0.15) is 5.10 Å². The predicted octanol–water partition coefficient (Wildman–Crippen LogP) is 2.60. The molecule has 0 aromatic heterocycles. The number of nitrogens with one attached hydrogen (secondary N) is 1. The van der Waals surface area contributed by atoms with Gasteiger partial charge in [0.2, 0.25) is 0 Å². The average Bonchev–Trinajstić information content (AvgIpc) is 2.93. The van der Waals surface area contributed by atoms with Crippen LogP contribution in [0, 0.1) is 5.92 Å².